The van der Waals surface area contributed by atoms with Crippen molar-refractivity contribution in [3.8, 4) is 0 Å². The second-order valence-electron chi connectivity index (χ2n) is 4.32. The third kappa shape index (κ3) is 2.90. The molecule has 18 heavy (non-hydrogen) atoms. The van der Waals surface area contributed by atoms with E-state index in [1.54, 1.807) is 0 Å². The van der Waals surface area contributed by atoms with E-state index in [1.165, 1.54) is 12.3 Å². The summed E-state index contributed by atoms with van der Waals surface area (Å²) in [6.07, 6.45) is -0.0383. The van der Waals surface area contributed by atoms with E-state index in [2.05, 4.69) is 22.9 Å². The lowest BCUT2D eigenvalue weighted by Crippen LogP contribution is -2.29. The van der Waals surface area contributed by atoms with Gasteiger partial charge in [-0.05, 0) is 30.2 Å². The van der Waals surface area contributed by atoms with E-state index < -0.39 is 11.9 Å². The zero-order valence-electron chi connectivity index (χ0n) is 10.2. The minimum atomic E-state index is -4.37. The first-order valence-electron chi connectivity index (χ1n) is 5.95. The van der Waals surface area contributed by atoms with E-state index in [0.29, 0.717) is 0 Å². The van der Waals surface area contributed by atoms with Crippen molar-refractivity contribution in [2.45, 2.75) is 19.5 Å². The van der Waals surface area contributed by atoms with Crippen molar-refractivity contribution in [3.63, 3.8) is 0 Å². The molecule has 0 amide bonds. The Kier molecular flexibility index (Phi) is 3.71. The van der Waals surface area contributed by atoms with E-state index in [-0.39, 0.29) is 0 Å². The van der Waals surface area contributed by atoms with Crippen molar-refractivity contribution < 1.29 is 13.2 Å². The van der Waals surface area contributed by atoms with E-state index in [1.807, 2.05) is 0 Å². The lowest BCUT2D eigenvalue weighted by molar-refractivity contribution is -0.141. The van der Waals surface area contributed by atoms with Crippen molar-refractivity contribution >= 4 is 5.57 Å². The quantitative estimate of drug-likeness (QED) is 0.807. The van der Waals surface area contributed by atoms with Gasteiger partial charge in [0.05, 0.1) is 0 Å². The normalized spacial score (nSPS) is 17.7. The molecule has 0 saturated carbocycles. The smallest absolute Gasteiger partial charge is 0.299 e. The molecule has 1 aromatic rings. The number of pyridine rings is 1. The number of alkyl halides is 3. The highest BCUT2D eigenvalue weighted by atomic mass is 19.4. The predicted octanol–water partition coefficient (Wildman–Crippen LogP) is 3.21. The summed E-state index contributed by atoms with van der Waals surface area (Å²) < 4.78 is 37.2. The van der Waals surface area contributed by atoms with Crippen LogP contribution in [-0.4, -0.2) is 29.5 Å². The summed E-state index contributed by atoms with van der Waals surface area (Å²) in [6, 6.07) is 2.54. The average molecular weight is 256 g/mol. The summed E-state index contributed by atoms with van der Waals surface area (Å²) in [7, 11) is 0. The molecule has 2 heterocycles. The average Bonchev–Trinajstić information content (AvgIpc) is 2.38. The van der Waals surface area contributed by atoms with Crippen LogP contribution in [0.25, 0.3) is 5.57 Å². The Labute approximate surface area is 104 Å². The molecule has 2 nitrogen and oxygen atoms in total. The molecular formula is C13H15F3N2. The topological polar surface area (TPSA) is 16.1 Å². The predicted molar refractivity (Wildman–Crippen MR) is 63.9 cm³/mol. The second-order valence-corrected chi connectivity index (χ2v) is 4.32. The van der Waals surface area contributed by atoms with Crippen molar-refractivity contribution in [2.75, 3.05) is 19.6 Å². The Morgan fingerprint density at radius 3 is 2.67 bits per heavy atom. The molecule has 0 fully saturated rings. The van der Waals surface area contributed by atoms with Gasteiger partial charge in [0, 0.05) is 19.3 Å². The highest BCUT2D eigenvalue weighted by Gasteiger charge is 2.32. The van der Waals surface area contributed by atoms with Gasteiger partial charge >= 0.3 is 6.18 Å². The van der Waals surface area contributed by atoms with Gasteiger partial charge in [-0.15, -0.1) is 0 Å². The van der Waals surface area contributed by atoms with Gasteiger partial charge in [-0.1, -0.05) is 19.1 Å². The molecule has 2 rings (SSSR count). The Balaban J connectivity index is 2.17. The first-order valence-corrected chi connectivity index (χ1v) is 5.95. The molecule has 0 radical (unpaired) electrons. The van der Waals surface area contributed by atoms with Crippen LogP contribution in [0.2, 0.25) is 0 Å². The van der Waals surface area contributed by atoms with E-state index in [0.717, 1.165) is 43.3 Å². The fourth-order valence-corrected chi connectivity index (χ4v) is 2.04. The standard InChI is InChI=1S/C13H15F3N2/c1-2-18-7-3-4-11(9-18)10-5-6-12(17-8-10)13(14,15)16/h4-6,8H,2-3,7,9H2,1H3. The van der Waals surface area contributed by atoms with Crippen molar-refractivity contribution in [1.29, 1.82) is 0 Å². The van der Waals surface area contributed by atoms with Gasteiger partial charge in [0.1, 0.15) is 5.69 Å². The molecule has 1 aliphatic rings. The van der Waals surface area contributed by atoms with Crippen LogP contribution in [0.4, 0.5) is 13.2 Å². The van der Waals surface area contributed by atoms with Gasteiger partial charge in [-0.25, -0.2) is 0 Å². The summed E-state index contributed by atoms with van der Waals surface area (Å²) in [5, 5.41) is 0. The number of nitrogens with zero attached hydrogens (tertiary/aromatic N) is 2. The van der Waals surface area contributed by atoms with Crippen molar-refractivity contribution in [3.05, 3.63) is 35.7 Å². The molecule has 0 unspecified atom stereocenters. The van der Waals surface area contributed by atoms with E-state index in [9.17, 15) is 13.2 Å². The lowest BCUT2D eigenvalue weighted by atomic mass is 10.0. The van der Waals surface area contributed by atoms with Crippen LogP contribution in [0, 0.1) is 0 Å². The zero-order valence-corrected chi connectivity index (χ0v) is 10.2. The maximum absolute atomic E-state index is 12.4. The molecule has 1 aromatic heterocycles. The van der Waals surface area contributed by atoms with Crippen molar-refractivity contribution in [1.82, 2.24) is 9.88 Å². The number of rotatable bonds is 2. The summed E-state index contributed by atoms with van der Waals surface area (Å²) >= 11 is 0. The molecule has 0 aromatic carbocycles. The van der Waals surface area contributed by atoms with Crippen LogP contribution >= 0.6 is 0 Å². The van der Waals surface area contributed by atoms with Crippen LogP contribution in [0.3, 0.4) is 0 Å². The van der Waals surface area contributed by atoms with Gasteiger partial charge in [-0.3, -0.25) is 9.88 Å². The summed E-state index contributed by atoms with van der Waals surface area (Å²) in [4.78, 5) is 5.75. The molecule has 0 bridgehead atoms. The number of likely N-dealkylation sites (N-methyl/N-ethyl adjacent to an activating group) is 1. The Bertz CT molecular complexity index is 435. The molecule has 0 aliphatic carbocycles. The third-order valence-electron chi connectivity index (χ3n) is 3.10. The Hall–Kier alpha value is -1.36. The van der Waals surface area contributed by atoms with Gasteiger partial charge in [-0.2, -0.15) is 13.2 Å². The lowest BCUT2D eigenvalue weighted by Gasteiger charge is -2.25. The molecule has 0 atom stereocenters. The molecule has 5 heteroatoms. The maximum Gasteiger partial charge on any atom is 0.433 e. The number of hydrogen-bond donors (Lipinski definition) is 0. The Morgan fingerprint density at radius 2 is 2.11 bits per heavy atom. The second kappa shape index (κ2) is 5.10. The molecule has 0 spiro atoms. The molecule has 0 saturated heterocycles. The third-order valence-corrected chi connectivity index (χ3v) is 3.10. The fraction of sp³-hybridized carbons (Fsp3) is 0.462. The van der Waals surface area contributed by atoms with Crippen LogP contribution in [0.5, 0.6) is 0 Å². The van der Waals surface area contributed by atoms with Crippen LogP contribution in [0.15, 0.2) is 24.4 Å². The highest BCUT2D eigenvalue weighted by molar-refractivity contribution is 5.67. The first kappa shape index (κ1) is 13.1. The minimum absolute atomic E-state index is 0.779. The number of aromatic nitrogens is 1. The zero-order chi connectivity index (χ0) is 13.2. The SMILES string of the molecule is CCN1CCC=C(c2ccc(C(F)(F)F)nc2)C1. The largest absolute Gasteiger partial charge is 0.433 e. The van der Waals surface area contributed by atoms with Gasteiger partial charge in [0.25, 0.3) is 0 Å². The fourth-order valence-electron chi connectivity index (χ4n) is 2.04. The molecule has 0 N–H and O–H groups in total. The monoisotopic (exact) mass is 256 g/mol. The van der Waals surface area contributed by atoms with E-state index >= 15 is 0 Å². The van der Waals surface area contributed by atoms with Gasteiger partial charge in [0.15, 0.2) is 0 Å². The van der Waals surface area contributed by atoms with E-state index in [4.69, 9.17) is 0 Å². The van der Waals surface area contributed by atoms with Crippen LogP contribution in [0.1, 0.15) is 24.6 Å². The molecule has 1 aliphatic heterocycles. The summed E-state index contributed by atoms with van der Waals surface area (Å²) in [5.74, 6) is 0. The molecule has 98 valence electrons. The number of hydrogen-bond acceptors (Lipinski definition) is 2. The first-order chi connectivity index (χ1) is 8.50. The van der Waals surface area contributed by atoms with Crippen molar-refractivity contribution in [2.24, 2.45) is 0 Å². The summed E-state index contributed by atoms with van der Waals surface area (Å²) in [5.41, 5.74) is 1.00. The van der Waals surface area contributed by atoms with Gasteiger partial charge in [0.2, 0.25) is 0 Å². The minimum Gasteiger partial charge on any atom is -0.299 e. The summed E-state index contributed by atoms with van der Waals surface area (Å²) in [6.45, 7) is 4.82. The van der Waals surface area contributed by atoms with Crippen LogP contribution in [-0.2, 0) is 6.18 Å². The molecular weight excluding hydrogens is 241 g/mol. The van der Waals surface area contributed by atoms with Crippen LogP contribution < -0.4 is 0 Å². The highest BCUT2D eigenvalue weighted by Crippen LogP contribution is 2.28. The Morgan fingerprint density at radius 1 is 1.33 bits per heavy atom. The van der Waals surface area contributed by atoms with Gasteiger partial charge < -0.3 is 0 Å². The maximum atomic E-state index is 12.4. The number of halogens is 3.